The van der Waals surface area contributed by atoms with Crippen LogP contribution in [0.15, 0.2) is 18.3 Å². The van der Waals surface area contributed by atoms with E-state index in [4.69, 9.17) is 16.3 Å². The van der Waals surface area contributed by atoms with Gasteiger partial charge in [0.05, 0.1) is 5.69 Å². The summed E-state index contributed by atoms with van der Waals surface area (Å²) in [5.74, 6) is -0.234. The van der Waals surface area contributed by atoms with Crippen LogP contribution in [-0.2, 0) is 9.53 Å². The van der Waals surface area contributed by atoms with Gasteiger partial charge in [0.2, 0.25) is 5.91 Å². The van der Waals surface area contributed by atoms with Gasteiger partial charge in [-0.25, -0.2) is 4.98 Å². The van der Waals surface area contributed by atoms with Crippen LogP contribution in [0, 0.1) is 0 Å². The van der Waals surface area contributed by atoms with Crippen LogP contribution in [0.2, 0.25) is 5.15 Å². The Bertz CT molecular complexity index is 317. The van der Waals surface area contributed by atoms with Crippen LogP contribution in [0.5, 0.6) is 0 Å². The molecule has 1 rings (SSSR count). The second-order valence-electron chi connectivity index (χ2n) is 2.53. The predicted molar refractivity (Wildman–Crippen MR) is 54.4 cm³/mol. The minimum Gasteiger partial charge on any atom is -0.372 e. The Morgan fingerprint density at radius 3 is 3.14 bits per heavy atom. The molecule has 0 atom stereocenters. The highest BCUT2D eigenvalue weighted by Crippen LogP contribution is 2.16. The lowest BCUT2D eigenvalue weighted by molar-refractivity contribution is -0.120. The van der Waals surface area contributed by atoms with Crippen molar-refractivity contribution < 1.29 is 9.53 Å². The molecule has 0 radical (unpaired) electrons. The monoisotopic (exact) mass is 214 g/mol. The molecule has 0 aliphatic heterocycles. The normalized spacial score (nSPS) is 9.86. The van der Waals surface area contributed by atoms with Crippen molar-refractivity contribution in [2.75, 3.05) is 18.5 Å². The van der Waals surface area contributed by atoms with E-state index in [-0.39, 0.29) is 17.7 Å². The SMILES string of the molecule is CCOCC(=O)Nc1cccnc1Cl. The predicted octanol–water partition coefficient (Wildman–Crippen LogP) is 1.71. The van der Waals surface area contributed by atoms with Gasteiger partial charge in [-0.15, -0.1) is 0 Å². The molecule has 76 valence electrons. The van der Waals surface area contributed by atoms with Gasteiger partial charge >= 0.3 is 0 Å². The van der Waals surface area contributed by atoms with Crippen LogP contribution >= 0.6 is 11.6 Å². The molecule has 0 saturated heterocycles. The van der Waals surface area contributed by atoms with Gasteiger partial charge in [0.25, 0.3) is 0 Å². The number of halogens is 1. The van der Waals surface area contributed by atoms with Gasteiger partial charge in [-0.05, 0) is 19.1 Å². The third kappa shape index (κ3) is 3.32. The minimum absolute atomic E-state index is 0.0295. The average Bonchev–Trinajstić information content (AvgIpc) is 2.18. The van der Waals surface area contributed by atoms with Gasteiger partial charge in [-0.1, -0.05) is 11.6 Å². The fourth-order valence-corrected chi connectivity index (χ4v) is 1.03. The third-order valence-electron chi connectivity index (χ3n) is 1.47. The molecule has 0 spiro atoms. The zero-order chi connectivity index (χ0) is 10.4. The molecular weight excluding hydrogens is 204 g/mol. The lowest BCUT2D eigenvalue weighted by Crippen LogP contribution is -2.18. The number of nitrogens with zero attached hydrogens (tertiary/aromatic N) is 1. The van der Waals surface area contributed by atoms with Crippen LogP contribution in [-0.4, -0.2) is 24.1 Å². The van der Waals surface area contributed by atoms with Gasteiger partial charge in [0, 0.05) is 12.8 Å². The zero-order valence-electron chi connectivity index (χ0n) is 7.79. The molecule has 1 aromatic heterocycles. The number of hydrogen-bond acceptors (Lipinski definition) is 3. The van der Waals surface area contributed by atoms with E-state index in [0.29, 0.717) is 12.3 Å². The maximum atomic E-state index is 11.2. The number of carbonyl (C=O) groups excluding carboxylic acids is 1. The van der Waals surface area contributed by atoms with Crippen LogP contribution in [0.3, 0.4) is 0 Å². The number of nitrogens with one attached hydrogen (secondary N) is 1. The maximum Gasteiger partial charge on any atom is 0.250 e. The van der Waals surface area contributed by atoms with E-state index < -0.39 is 0 Å². The van der Waals surface area contributed by atoms with Crippen molar-refractivity contribution in [2.24, 2.45) is 0 Å². The number of amides is 1. The molecular formula is C9H11ClN2O2. The van der Waals surface area contributed by atoms with Crippen molar-refractivity contribution in [3.05, 3.63) is 23.5 Å². The van der Waals surface area contributed by atoms with Crippen LogP contribution < -0.4 is 5.32 Å². The van der Waals surface area contributed by atoms with Crippen LogP contribution in [0.1, 0.15) is 6.92 Å². The molecule has 1 aromatic rings. The molecule has 1 heterocycles. The van der Waals surface area contributed by atoms with Crippen molar-refractivity contribution in [3.8, 4) is 0 Å². The highest BCUT2D eigenvalue weighted by Gasteiger charge is 2.04. The zero-order valence-corrected chi connectivity index (χ0v) is 8.54. The third-order valence-corrected chi connectivity index (χ3v) is 1.77. The highest BCUT2D eigenvalue weighted by molar-refractivity contribution is 6.32. The number of anilines is 1. The Morgan fingerprint density at radius 1 is 1.71 bits per heavy atom. The quantitative estimate of drug-likeness (QED) is 0.777. The summed E-state index contributed by atoms with van der Waals surface area (Å²) in [6.07, 6.45) is 1.56. The summed E-state index contributed by atoms with van der Waals surface area (Å²) >= 11 is 5.74. The van der Waals surface area contributed by atoms with Crippen LogP contribution in [0.4, 0.5) is 5.69 Å². The number of aromatic nitrogens is 1. The number of ether oxygens (including phenoxy) is 1. The summed E-state index contributed by atoms with van der Waals surface area (Å²) < 4.78 is 4.93. The summed E-state index contributed by atoms with van der Waals surface area (Å²) in [5.41, 5.74) is 0.499. The first-order chi connectivity index (χ1) is 6.74. The molecule has 1 amide bonds. The number of rotatable bonds is 4. The number of carbonyl (C=O) groups is 1. The molecule has 0 fully saturated rings. The van der Waals surface area contributed by atoms with Gasteiger partial charge in [-0.2, -0.15) is 0 Å². The first-order valence-corrected chi connectivity index (χ1v) is 4.60. The summed E-state index contributed by atoms with van der Waals surface area (Å²) in [5, 5.41) is 2.86. The molecule has 0 bridgehead atoms. The summed E-state index contributed by atoms with van der Waals surface area (Å²) in [6, 6.07) is 3.38. The second-order valence-corrected chi connectivity index (χ2v) is 2.89. The first kappa shape index (κ1) is 10.9. The largest absolute Gasteiger partial charge is 0.372 e. The van der Waals surface area contributed by atoms with E-state index in [1.165, 1.54) is 0 Å². The van der Waals surface area contributed by atoms with Gasteiger partial charge in [0.15, 0.2) is 5.15 Å². The number of hydrogen-bond donors (Lipinski definition) is 1. The molecule has 0 aliphatic carbocycles. The Labute approximate surface area is 87.2 Å². The van der Waals surface area contributed by atoms with Crippen molar-refractivity contribution in [1.29, 1.82) is 0 Å². The standard InChI is InChI=1S/C9H11ClN2O2/c1-2-14-6-8(13)12-7-4-3-5-11-9(7)10/h3-5H,2,6H2,1H3,(H,12,13). The van der Waals surface area contributed by atoms with E-state index in [9.17, 15) is 4.79 Å². The summed E-state index contributed by atoms with van der Waals surface area (Å²) in [4.78, 5) is 15.0. The van der Waals surface area contributed by atoms with E-state index in [2.05, 4.69) is 10.3 Å². The topological polar surface area (TPSA) is 51.2 Å². The highest BCUT2D eigenvalue weighted by atomic mass is 35.5. The van der Waals surface area contributed by atoms with E-state index in [1.54, 1.807) is 18.3 Å². The van der Waals surface area contributed by atoms with Crippen LogP contribution in [0.25, 0.3) is 0 Å². The summed E-state index contributed by atoms with van der Waals surface area (Å²) in [6.45, 7) is 2.36. The van der Waals surface area contributed by atoms with Crippen molar-refractivity contribution in [2.45, 2.75) is 6.92 Å². The molecule has 0 saturated carbocycles. The van der Waals surface area contributed by atoms with Crippen molar-refractivity contribution >= 4 is 23.2 Å². The molecule has 0 aliphatic rings. The smallest absolute Gasteiger partial charge is 0.250 e. The Hall–Kier alpha value is -1.13. The molecule has 4 nitrogen and oxygen atoms in total. The fraction of sp³-hybridized carbons (Fsp3) is 0.333. The van der Waals surface area contributed by atoms with Crippen molar-refractivity contribution in [1.82, 2.24) is 4.98 Å². The van der Waals surface area contributed by atoms with E-state index >= 15 is 0 Å². The van der Waals surface area contributed by atoms with E-state index in [1.807, 2.05) is 6.92 Å². The molecule has 0 unspecified atom stereocenters. The minimum atomic E-state index is -0.234. The van der Waals surface area contributed by atoms with Crippen molar-refractivity contribution in [3.63, 3.8) is 0 Å². The molecule has 0 aromatic carbocycles. The lowest BCUT2D eigenvalue weighted by atomic mass is 10.4. The number of pyridine rings is 1. The second kappa shape index (κ2) is 5.57. The first-order valence-electron chi connectivity index (χ1n) is 4.22. The maximum absolute atomic E-state index is 11.2. The summed E-state index contributed by atoms with van der Waals surface area (Å²) in [7, 11) is 0. The average molecular weight is 215 g/mol. The van der Waals surface area contributed by atoms with E-state index in [0.717, 1.165) is 0 Å². The fourth-order valence-electron chi connectivity index (χ4n) is 0.860. The van der Waals surface area contributed by atoms with Gasteiger partial charge < -0.3 is 10.1 Å². The Kier molecular flexibility index (Phi) is 4.35. The molecule has 1 N–H and O–H groups in total. The van der Waals surface area contributed by atoms with Gasteiger partial charge in [-0.3, -0.25) is 4.79 Å². The Balaban J connectivity index is 2.52. The lowest BCUT2D eigenvalue weighted by Gasteiger charge is -2.05. The molecule has 5 heteroatoms. The molecule has 14 heavy (non-hydrogen) atoms. The Morgan fingerprint density at radius 2 is 2.50 bits per heavy atom. The van der Waals surface area contributed by atoms with Gasteiger partial charge in [0.1, 0.15) is 6.61 Å².